The average molecular weight is 451 g/mol. The molecular weight excluding hydrogens is 420 g/mol. The van der Waals surface area contributed by atoms with Gasteiger partial charge >= 0.3 is 12.1 Å². The van der Waals surface area contributed by atoms with Crippen molar-refractivity contribution >= 4 is 18.0 Å². The summed E-state index contributed by atoms with van der Waals surface area (Å²) in [6.07, 6.45) is 1.19. The van der Waals surface area contributed by atoms with E-state index in [1.54, 1.807) is 11.8 Å². The van der Waals surface area contributed by atoms with Crippen molar-refractivity contribution in [3.8, 4) is 11.1 Å². The van der Waals surface area contributed by atoms with E-state index in [2.05, 4.69) is 12.1 Å². The van der Waals surface area contributed by atoms with E-state index in [4.69, 9.17) is 4.74 Å². The van der Waals surface area contributed by atoms with Gasteiger partial charge in [-0.2, -0.15) is 0 Å². The van der Waals surface area contributed by atoms with Crippen LogP contribution in [-0.2, 0) is 14.3 Å². The second kappa shape index (κ2) is 9.65. The van der Waals surface area contributed by atoms with E-state index in [9.17, 15) is 19.5 Å². The molecule has 1 aliphatic heterocycles. The normalized spacial score (nSPS) is 16.6. The molecule has 0 aromatic heterocycles. The number of aliphatic carboxylic acids is 1. The molecule has 1 heterocycles. The number of ether oxygens (including phenoxy) is 1. The predicted octanol–water partition coefficient (Wildman–Crippen LogP) is 3.97. The Morgan fingerprint density at radius 3 is 2.09 bits per heavy atom. The van der Waals surface area contributed by atoms with Crippen molar-refractivity contribution in [2.75, 3.05) is 26.7 Å². The molecule has 7 nitrogen and oxygen atoms in total. The lowest BCUT2D eigenvalue weighted by atomic mass is 9.89. The highest BCUT2D eigenvalue weighted by Gasteiger charge is 2.34. The number of rotatable bonds is 6. The van der Waals surface area contributed by atoms with Crippen molar-refractivity contribution in [3.05, 3.63) is 59.7 Å². The fraction of sp³-hybridized carbons (Fsp3) is 0.423. The predicted molar refractivity (Wildman–Crippen MR) is 124 cm³/mol. The van der Waals surface area contributed by atoms with E-state index in [1.165, 1.54) is 11.9 Å². The van der Waals surface area contributed by atoms with Crippen LogP contribution in [0.3, 0.4) is 0 Å². The number of piperidine rings is 1. The largest absolute Gasteiger partial charge is 0.480 e. The van der Waals surface area contributed by atoms with Crippen LogP contribution in [0.25, 0.3) is 11.1 Å². The number of nitrogens with zero attached hydrogens (tertiary/aromatic N) is 2. The van der Waals surface area contributed by atoms with Crippen LogP contribution >= 0.6 is 0 Å². The SMILES string of the molecule is CC(=O)N1CCC(C[C@@H](C(=O)O)N(C)C(=O)OCC2c3ccccc3-c3ccccc32)CC1. The van der Waals surface area contributed by atoms with Crippen LogP contribution in [0.1, 0.15) is 43.2 Å². The van der Waals surface area contributed by atoms with E-state index in [1.807, 2.05) is 36.4 Å². The molecule has 0 spiro atoms. The summed E-state index contributed by atoms with van der Waals surface area (Å²) < 4.78 is 5.64. The van der Waals surface area contributed by atoms with E-state index in [-0.39, 0.29) is 24.3 Å². The third-order valence-corrected chi connectivity index (χ3v) is 6.99. The van der Waals surface area contributed by atoms with Gasteiger partial charge in [0.25, 0.3) is 0 Å². The van der Waals surface area contributed by atoms with Crippen molar-refractivity contribution in [2.24, 2.45) is 5.92 Å². The van der Waals surface area contributed by atoms with E-state index in [0.717, 1.165) is 35.1 Å². The second-order valence-electron chi connectivity index (χ2n) is 8.95. The number of hydrogen-bond donors (Lipinski definition) is 1. The quantitative estimate of drug-likeness (QED) is 0.720. The molecule has 1 aliphatic carbocycles. The highest BCUT2D eigenvalue weighted by molar-refractivity contribution is 5.81. The summed E-state index contributed by atoms with van der Waals surface area (Å²) in [5.41, 5.74) is 4.51. The molecule has 1 atom stereocenters. The van der Waals surface area contributed by atoms with Crippen LogP contribution in [0, 0.1) is 5.92 Å². The first-order valence-electron chi connectivity index (χ1n) is 11.4. The minimum atomic E-state index is -1.04. The van der Waals surface area contributed by atoms with Gasteiger partial charge in [-0.15, -0.1) is 0 Å². The van der Waals surface area contributed by atoms with Crippen LogP contribution < -0.4 is 0 Å². The zero-order valence-electron chi connectivity index (χ0n) is 19.1. The minimum absolute atomic E-state index is 0.0407. The highest BCUT2D eigenvalue weighted by atomic mass is 16.6. The maximum Gasteiger partial charge on any atom is 0.410 e. The first-order valence-corrected chi connectivity index (χ1v) is 11.4. The number of carboxylic acid groups (broad SMARTS) is 1. The van der Waals surface area contributed by atoms with Crippen molar-refractivity contribution < 1.29 is 24.2 Å². The molecule has 2 aliphatic rings. The van der Waals surface area contributed by atoms with Crippen LogP contribution in [0.2, 0.25) is 0 Å². The molecule has 1 N–H and O–H groups in total. The summed E-state index contributed by atoms with van der Waals surface area (Å²) in [6.45, 7) is 2.95. The van der Waals surface area contributed by atoms with Crippen molar-refractivity contribution in [3.63, 3.8) is 0 Å². The van der Waals surface area contributed by atoms with Gasteiger partial charge in [0.2, 0.25) is 5.91 Å². The number of carboxylic acids is 1. The Labute approximate surface area is 193 Å². The van der Waals surface area contributed by atoms with Gasteiger partial charge in [0.05, 0.1) is 0 Å². The smallest absolute Gasteiger partial charge is 0.410 e. The molecule has 2 aromatic carbocycles. The molecule has 0 unspecified atom stereocenters. The zero-order chi connectivity index (χ0) is 23.5. The van der Waals surface area contributed by atoms with Crippen molar-refractivity contribution in [1.82, 2.24) is 9.80 Å². The van der Waals surface area contributed by atoms with Crippen molar-refractivity contribution in [2.45, 2.75) is 38.1 Å². The van der Waals surface area contributed by atoms with Gasteiger partial charge in [0.15, 0.2) is 0 Å². The number of benzene rings is 2. The number of hydrogen-bond acceptors (Lipinski definition) is 4. The first-order chi connectivity index (χ1) is 15.9. The Kier molecular flexibility index (Phi) is 6.67. The lowest BCUT2D eigenvalue weighted by Crippen LogP contribution is -2.45. The molecule has 174 valence electrons. The first kappa shape index (κ1) is 22.8. The highest BCUT2D eigenvalue weighted by Crippen LogP contribution is 2.44. The van der Waals surface area contributed by atoms with Crippen LogP contribution in [0.5, 0.6) is 0 Å². The maximum atomic E-state index is 12.8. The molecule has 1 saturated heterocycles. The van der Waals surface area contributed by atoms with Crippen molar-refractivity contribution in [1.29, 1.82) is 0 Å². The van der Waals surface area contributed by atoms with Gasteiger partial charge < -0.3 is 14.7 Å². The monoisotopic (exact) mass is 450 g/mol. The summed E-state index contributed by atoms with van der Waals surface area (Å²) >= 11 is 0. The van der Waals surface area contributed by atoms with Gasteiger partial charge in [-0.05, 0) is 47.4 Å². The lowest BCUT2D eigenvalue weighted by Gasteiger charge is -2.34. The summed E-state index contributed by atoms with van der Waals surface area (Å²) in [7, 11) is 1.49. The topological polar surface area (TPSA) is 87.2 Å². The fourth-order valence-electron chi connectivity index (χ4n) is 5.05. The second-order valence-corrected chi connectivity index (χ2v) is 8.95. The summed E-state index contributed by atoms with van der Waals surface area (Å²) in [5, 5.41) is 9.79. The third-order valence-electron chi connectivity index (χ3n) is 6.99. The molecule has 7 heteroatoms. The molecule has 2 aromatic rings. The van der Waals surface area contributed by atoms with E-state index >= 15 is 0 Å². The number of amides is 2. The third kappa shape index (κ3) is 4.72. The molecule has 0 bridgehead atoms. The van der Waals surface area contributed by atoms with Crippen LogP contribution in [-0.4, -0.2) is 65.7 Å². The van der Waals surface area contributed by atoms with E-state index < -0.39 is 18.1 Å². The molecule has 4 rings (SSSR count). The molecule has 1 fully saturated rings. The standard InChI is InChI=1S/C26H30N2O5/c1-17(29)28-13-11-18(12-14-28)15-24(25(30)31)27(2)26(32)33-16-23-21-9-5-3-7-19(21)20-8-4-6-10-22(20)23/h3-10,18,23-24H,11-16H2,1-2H3,(H,30,31)/t24-/m0/s1. The molecule has 0 radical (unpaired) electrons. The number of fused-ring (bicyclic) bond motifs is 3. The number of carbonyl (C=O) groups excluding carboxylic acids is 2. The molecule has 2 amide bonds. The Morgan fingerprint density at radius 1 is 1.03 bits per heavy atom. The summed E-state index contributed by atoms with van der Waals surface area (Å²) in [6, 6.07) is 15.2. The zero-order valence-corrected chi connectivity index (χ0v) is 19.1. The Balaban J connectivity index is 1.39. The number of likely N-dealkylation sites (N-methyl/N-ethyl adjacent to an activating group) is 1. The number of likely N-dealkylation sites (tertiary alicyclic amines) is 1. The maximum absolute atomic E-state index is 12.8. The Morgan fingerprint density at radius 2 is 1.58 bits per heavy atom. The lowest BCUT2D eigenvalue weighted by molar-refractivity contribution is -0.143. The molecule has 0 saturated carbocycles. The van der Waals surface area contributed by atoms with Gasteiger partial charge in [-0.25, -0.2) is 9.59 Å². The van der Waals surface area contributed by atoms with Gasteiger partial charge in [0.1, 0.15) is 12.6 Å². The fourth-order valence-corrected chi connectivity index (χ4v) is 5.05. The Bertz CT molecular complexity index is 999. The van der Waals surface area contributed by atoms with Gasteiger partial charge in [-0.1, -0.05) is 48.5 Å². The average Bonchev–Trinajstić information content (AvgIpc) is 3.14. The molecule has 33 heavy (non-hydrogen) atoms. The minimum Gasteiger partial charge on any atom is -0.480 e. The summed E-state index contributed by atoms with van der Waals surface area (Å²) in [5.74, 6) is -0.932. The number of carbonyl (C=O) groups is 3. The summed E-state index contributed by atoms with van der Waals surface area (Å²) in [4.78, 5) is 39.3. The Hall–Kier alpha value is -3.35. The van der Waals surface area contributed by atoms with Crippen LogP contribution in [0.15, 0.2) is 48.5 Å². The van der Waals surface area contributed by atoms with Gasteiger partial charge in [0, 0.05) is 33.0 Å². The molecular formula is C26H30N2O5. The van der Waals surface area contributed by atoms with E-state index in [0.29, 0.717) is 19.5 Å². The van der Waals surface area contributed by atoms with Crippen LogP contribution in [0.4, 0.5) is 4.79 Å². The van der Waals surface area contributed by atoms with Gasteiger partial charge in [-0.3, -0.25) is 9.69 Å².